The molecule has 1 saturated heterocycles. The van der Waals surface area contributed by atoms with Crippen molar-refractivity contribution in [2.24, 2.45) is 23.7 Å². The molecule has 0 aliphatic carbocycles. The lowest BCUT2D eigenvalue weighted by atomic mass is 9.74. The van der Waals surface area contributed by atoms with Gasteiger partial charge in [-0.25, -0.2) is 0 Å². The van der Waals surface area contributed by atoms with Gasteiger partial charge >= 0.3 is 0 Å². The van der Waals surface area contributed by atoms with Crippen LogP contribution in [0.2, 0.25) is 0 Å². The zero-order valence-corrected chi connectivity index (χ0v) is 10.8. The fourth-order valence-corrected chi connectivity index (χ4v) is 2.40. The topological polar surface area (TPSA) is 46.5 Å². The number of hydrogen-bond acceptors (Lipinski definition) is 3. The van der Waals surface area contributed by atoms with Gasteiger partial charge in [-0.1, -0.05) is 20.8 Å². The lowest BCUT2D eigenvalue weighted by molar-refractivity contribution is -0.144. The normalized spacial score (nSPS) is 37.1. The van der Waals surface area contributed by atoms with Gasteiger partial charge in [0, 0.05) is 18.4 Å². The van der Waals surface area contributed by atoms with Crippen molar-refractivity contribution in [2.45, 2.75) is 40.2 Å². The van der Waals surface area contributed by atoms with Crippen LogP contribution in [0.5, 0.6) is 0 Å². The van der Waals surface area contributed by atoms with Gasteiger partial charge in [-0.2, -0.15) is 0 Å². The second-order valence-corrected chi connectivity index (χ2v) is 5.06. The van der Waals surface area contributed by atoms with Gasteiger partial charge in [0.05, 0.1) is 12.7 Å². The van der Waals surface area contributed by atoms with E-state index in [0.717, 1.165) is 6.42 Å². The summed E-state index contributed by atoms with van der Waals surface area (Å²) in [4.78, 5) is 12.2. The summed E-state index contributed by atoms with van der Waals surface area (Å²) < 4.78 is 5.62. The Morgan fingerprint density at radius 3 is 2.62 bits per heavy atom. The van der Waals surface area contributed by atoms with Crippen LogP contribution in [0.15, 0.2) is 0 Å². The van der Waals surface area contributed by atoms with Gasteiger partial charge < -0.3 is 9.84 Å². The first-order valence-electron chi connectivity index (χ1n) is 6.29. The molecule has 0 bridgehead atoms. The van der Waals surface area contributed by atoms with Crippen LogP contribution in [0.3, 0.4) is 0 Å². The molecule has 3 nitrogen and oxygen atoms in total. The molecule has 0 radical (unpaired) electrons. The van der Waals surface area contributed by atoms with E-state index in [1.54, 1.807) is 0 Å². The lowest BCUT2D eigenvalue weighted by Crippen LogP contribution is -2.45. The monoisotopic (exact) mass is 228 g/mol. The minimum absolute atomic E-state index is 0.0604. The molecule has 5 unspecified atom stereocenters. The Hall–Kier alpha value is -0.410. The minimum atomic E-state index is -0.119. The number of Topliss-reactive ketones (excluding diaryl/α,β-unsaturated/α-hetero) is 1. The summed E-state index contributed by atoms with van der Waals surface area (Å²) >= 11 is 0. The van der Waals surface area contributed by atoms with Gasteiger partial charge in [-0.3, -0.25) is 4.79 Å². The molecule has 3 heteroatoms. The van der Waals surface area contributed by atoms with E-state index in [2.05, 4.69) is 6.92 Å². The molecular weight excluding hydrogens is 204 g/mol. The third-order valence-corrected chi connectivity index (χ3v) is 4.15. The summed E-state index contributed by atoms with van der Waals surface area (Å²) in [5, 5.41) is 9.45. The summed E-state index contributed by atoms with van der Waals surface area (Å²) in [6.07, 6.45) is 0.996. The summed E-state index contributed by atoms with van der Waals surface area (Å²) in [6, 6.07) is 0. The van der Waals surface area contributed by atoms with Crippen molar-refractivity contribution >= 4 is 5.78 Å². The molecule has 1 fully saturated rings. The van der Waals surface area contributed by atoms with E-state index >= 15 is 0 Å². The quantitative estimate of drug-likeness (QED) is 0.799. The van der Waals surface area contributed by atoms with E-state index in [1.807, 2.05) is 20.8 Å². The molecule has 0 aromatic heterocycles. The number of carbonyl (C=O) groups excluding carboxylic acids is 1. The number of ether oxygens (including phenoxy) is 1. The molecule has 0 saturated carbocycles. The van der Waals surface area contributed by atoms with E-state index in [4.69, 9.17) is 4.74 Å². The summed E-state index contributed by atoms with van der Waals surface area (Å²) in [5.41, 5.74) is 0. The Bertz CT molecular complexity index is 239. The highest BCUT2D eigenvalue weighted by molar-refractivity contribution is 5.83. The Balaban J connectivity index is 2.75. The third-order valence-electron chi connectivity index (χ3n) is 4.15. The van der Waals surface area contributed by atoms with Crippen molar-refractivity contribution in [1.82, 2.24) is 0 Å². The summed E-state index contributed by atoms with van der Waals surface area (Å²) in [6.45, 7) is 8.60. The number of ketones is 1. The predicted molar refractivity (Wildman–Crippen MR) is 63.1 cm³/mol. The number of aliphatic hydroxyl groups is 1. The van der Waals surface area contributed by atoms with E-state index in [0.29, 0.717) is 6.61 Å². The van der Waals surface area contributed by atoms with E-state index in [-0.39, 0.29) is 42.2 Å². The molecule has 0 amide bonds. The lowest BCUT2D eigenvalue weighted by Gasteiger charge is -2.39. The molecule has 0 aromatic rings. The van der Waals surface area contributed by atoms with Gasteiger partial charge in [-0.15, -0.1) is 0 Å². The smallest absolute Gasteiger partial charge is 0.141 e. The maximum absolute atomic E-state index is 12.2. The van der Waals surface area contributed by atoms with Crippen molar-refractivity contribution in [3.05, 3.63) is 0 Å². The highest BCUT2D eigenvalue weighted by Crippen LogP contribution is 2.33. The molecule has 94 valence electrons. The highest BCUT2D eigenvalue weighted by Gasteiger charge is 2.39. The molecule has 0 spiro atoms. The van der Waals surface area contributed by atoms with Gasteiger partial charge in [0.25, 0.3) is 0 Å². The van der Waals surface area contributed by atoms with Crippen LogP contribution in [-0.4, -0.2) is 30.2 Å². The summed E-state index contributed by atoms with van der Waals surface area (Å²) in [5.74, 6) is 0.511. The number of hydrogen-bond donors (Lipinski definition) is 1. The molecule has 0 aromatic carbocycles. The van der Waals surface area contributed by atoms with Crippen molar-refractivity contribution in [3.8, 4) is 0 Å². The first kappa shape index (κ1) is 13.7. The largest absolute Gasteiger partial charge is 0.396 e. The van der Waals surface area contributed by atoms with E-state index in [9.17, 15) is 9.90 Å². The fraction of sp³-hybridized carbons (Fsp3) is 0.923. The first-order valence-corrected chi connectivity index (χ1v) is 6.29. The summed E-state index contributed by atoms with van der Waals surface area (Å²) in [7, 11) is 0. The molecule has 1 aliphatic heterocycles. The second-order valence-electron chi connectivity index (χ2n) is 5.06. The van der Waals surface area contributed by atoms with Crippen molar-refractivity contribution < 1.29 is 14.6 Å². The average molecular weight is 228 g/mol. The standard InChI is InChI=1S/C13H24O3/c1-5-8(2)13(15)12-7-16-10(4)9(3)11(12)6-14/h8-12,14H,5-7H2,1-4H3. The number of rotatable bonds is 4. The van der Waals surface area contributed by atoms with E-state index in [1.165, 1.54) is 0 Å². The molecule has 5 atom stereocenters. The van der Waals surface area contributed by atoms with Crippen LogP contribution in [0.1, 0.15) is 34.1 Å². The van der Waals surface area contributed by atoms with Crippen LogP contribution >= 0.6 is 0 Å². The molecular formula is C13H24O3. The highest BCUT2D eigenvalue weighted by atomic mass is 16.5. The predicted octanol–water partition coefficient (Wildman–Crippen LogP) is 1.88. The van der Waals surface area contributed by atoms with Crippen LogP contribution in [0, 0.1) is 23.7 Å². The second kappa shape index (κ2) is 5.78. The molecule has 1 aliphatic rings. The van der Waals surface area contributed by atoms with Crippen molar-refractivity contribution in [2.75, 3.05) is 13.2 Å². The number of carbonyl (C=O) groups is 1. The Labute approximate surface area is 98.2 Å². The zero-order chi connectivity index (χ0) is 12.3. The maximum atomic E-state index is 12.2. The average Bonchev–Trinajstić information content (AvgIpc) is 2.30. The molecule has 16 heavy (non-hydrogen) atoms. The van der Waals surface area contributed by atoms with Gasteiger partial charge in [0.15, 0.2) is 0 Å². The molecule has 1 heterocycles. The van der Waals surface area contributed by atoms with Gasteiger partial charge in [-0.05, 0) is 25.2 Å². The number of aliphatic hydroxyl groups excluding tert-OH is 1. The van der Waals surface area contributed by atoms with Crippen LogP contribution in [0.25, 0.3) is 0 Å². The van der Waals surface area contributed by atoms with Crippen molar-refractivity contribution in [1.29, 1.82) is 0 Å². The van der Waals surface area contributed by atoms with Crippen LogP contribution in [-0.2, 0) is 9.53 Å². The maximum Gasteiger partial charge on any atom is 0.141 e. The van der Waals surface area contributed by atoms with E-state index < -0.39 is 0 Å². The Morgan fingerprint density at radius 1 is 1.50 bits per heavy atom. The Kier molecular flexibility index (Phi) is 4.93. The first-order chi connectivity index (χ1) is 7.52. The van der Waals surface area contributed by atoms with Gasteiger partial charge in [0.2, 0.25) is 0 Å². The molecule has 1 rings (SSSR count). The minimum Gasteiger partial charge on any atom is -0.396 e. The van der Waals surface area contributed by atoms with Gasteiger partial charge in [0.1, 0.15) is 5.78 Å². The zero-order valence-electron chi connectivity index (χ0n) is 10.8. The van der Waals surface area contributed by atoms with Crippen LogP contribution < -0.4 is 0 Å². The fourth-order valence-electron chi connectivity index (χ4n) is 2.40. The SMILES string of the molecule is CCC(C)C(=O)C1COC(C)C(C)C1CO. The van der Waals surface area contributed by atoms with Crippen molar-refractivity contribution in [3.63, 3.8) is 0 Å². The third kappa shape index (κ3) is 2.64. The molecule has 1 N–H and O–H groups in total. The van der Waals surface area contributed by atoms with Crippen LogP contribution in [0.4, 0.5) is 0 Å². The Morgan fingerprint density at radius 2 is 2.12 bits per heavy atom.